The van der Waals surface area contributed by atoms with Gasteiger partial charge in [0.05, 0.1) is 11.4 Å². The van der Waals surface area contributed by atoms with Crippen LogP contribution in [0.5, 0.6) is 0 Å². The summed E-state index contributed by atoms with van der Waals surface area (Å²) >= 11 is 0. The summed E-state index contributed by atoms with van der Waals surface area (Å²) in [6.07, 6.45) is -0.436. The molecule has 0 aliphatic rings. The highest BCUT2D eigenvalue weighted by molar-refractivity contribution is 5.67. The maximum Gasteiger partial charge on any atom is 0.407 e. The van der Waals surface area contributed by atoms with Gasteiger partial charge in [-0.15, -0.1) is 0 Å². The Morgan fingerprint density at radius 1 is 1.00 bits per heavy atom. The summed E-state index contributed by atoms with van der Waals surface area (Å²) in [6, 6.07) is 14.6. The Balaban J connectivity index is 1.88. The number of azo groups is 1. The number of amides is 1. The van der Waals surface area contributed by atoms with E-state index in [4.69, 9.17) is 10.5 Å². The van der Waals surface area contributed by atoms with Crippen molar-refractivity contribution >= 4 is 23.2 Å². The molecule has 0 spiro atoms. The predicted octanol–water partition coefficient (Wildman–Crippen LogP) is 4.71. The van der Waals surface area contributed by atoms with Gasteiger partial charge in [0.25, 0.3) is 0 Å². The van der Waals surface area contributed by atoms with E-state index in [1.165, 1.54) is 0 Å². The molecule has 0 radical (unpaired) electrons. The Labute approximate surface area is 141 Å². The number of alkyl carbamates (subject to hydrolysis) is 1. The molecule has 2 rings (SSSR count). The number of anilines is 1. The van der Waals surface area contributed by atoms with E-state index in [1.54, 1.807) is 24.3 Å². The summed E-state index contributed by atoms with van der Waals surface area (Å²) in [5.74, 6) is 0. The van der Waals surface area contributed by atoms with Crippen LogP contribution in [-0.2, 0) is 11.3 Å². The van der Waals surface area contributed by atoms with E-state index in [-0.39, 0.29) is 0 Å². The van der Waals surface area contributed by atoms with Gasteiger partial charge in [-0.05, 0) is 62.7 Å². The van der Waals surface area contributed by atoms with Crippen molar-refractivity contribution in [2.45, 2.75) is 32.9 Å². The second-order valence-corrected chi connectivity index (χ2v) is 6.31. The van der Waals surface area contributed by atoms with Crippen molar-refractivity contribution < 1.29 is 9.53 Å². The van der Waals surface area contributed by atoms with Gasteiger partial charge >= 0.3 is 6.09 Å². The molecule has 0 unspecified atom stereocenters. The summed E-state index contributed by atoms with van der Waals surface area (Å²) in [5.41, 5.74) is 8.23. The van der Waals surface area contributed by atoms with Gasteiger partial charge < -0.3 is 15.8 Å². The first-order chi connectivity index (χ1) is 11.3. The molecular weight excluding hydrogens is 304 g/mol. The van der Waals surface area contributed by atoms with E-state index in [0.717, 1.165) is 16.9 Å². The number of nitrogens with zero attached hydrogens (tertiary/aromatic N) is 2. The van der Waals surface area contributed by atoms with Gasteiger partial charge in [-0.2, -0.15) is 10.2 Å². The molecule has 0 saturated heterocycles. The van der Waals surface area contributed by atoms with E-state index in [9.17, 15) is 4.79 Å². The minimum atomic E-state index is -0.504. The van der Waals surface area contributed by atoms with Gasteiger partial charge in [-0.3, -0.25) is 0 Å². The molecule has 6 nitrogen and oxygen atoms in total. The van der Waals surface area contributed by atoms with E-state index in [2.05, 4.69) is 15.5 Å². The lowest BCUT2D eigenvalue weighted by molar-refractivity contribution is 0.0523. The van der Waals surface area contributed by atoms with Crippen molar-refractivity contribution in [2.24, 2.45) is 10.2 Å². The molecule has 0 saturated carbocycles. The van der Waals surface area contributed by atoms with Crippen LogP contribution < -0.4 is 11.1 Å². The summed E-state index contributed by atoms with van der Waals surface area (Å²) < 4.78 is 5.19. The maximum atomic E-state index is 11.6. The third-order valence-electron chi connectivity index (χ3n) is 2.95. The van der Waals surface area contributed by atoms with Crippen LogP contribution in [0.4, 0.5) is 21.9 Å². The highest BCUT2D eigenvalue weighted by atomic mass is 16.6. The molecule has 0 bridgehead atoms. The minimum Gasteiger partial charge on any atom is -0.444 e. The van der Waals surface area contributed by atoms with Crippen molar-refractivity contribution in [2.75, 3.05) is 5.73 Å². The van der Waals surface area contributed by atoms with Gasteiger partial charge in [0.2, 0.25) is 0 Å². The van der Waals surface area contributed by atoms with Crippen molar-refractivity contribution in [3.05, 3.63) is 54.1 Å². The average molecular weight is 326 g/mol. The third-order valence-corrected chi connectivity index (χ3v) is 2.95. The molecule has 0 atom stereocenters. The smallest absolute Gasteiger partial charge is 0.407 e. The van der Waals surface area contributed by atoms with Crippen LogP contribution in [0.25, 0.3) is 0 Å². The highest BCUT2D eigenvalue weighted by Gasteiger charge is 2.15. The number of carbonyl (C=O) groups is 1. The van der Waals surface area contributed by atoms with E-state index in [1.807, 2.05) is 45.0 Å². The third kappa shape index (κ3) is 6.08. The SMILES string of the molecule is CC(C)(C)OC(=O)NCc1ccc(N=Nc2ccc(N)cc2)cc1. The average Bonchev–Trinajstić information content (AvgIpc) is 2.52. The number of benzene rings is 2. The molecule has 0 aromatic heterocycles. The summed E-state index contributed by atoms with van der Waals surface area (Å²) in [4.78, 5) is 11.6. The zero-order valence-electron chi connectivity index (χ0n) is 14.1. The number of nitrogens with two attached hydrogens (primary N) is 1. The van der Waals surface area contributed by atoms with Gasteiger partial charge in [0, 0.05) is 12.2 Å². The molecule has 2 aromatic carbocycles. The van der Waals surface area contributed by atoms with Crippen LogP contribution in [-0.4, -0.2) is 11.7 Å². The van der Waals surface area contributed by atoms with Crippen molar-refractivity contribution in [3.63, 3.8) is 0 Å². The molecule has 1 amide bonds. The molecule has 0 aliphatic heterocycles. The Bertz CT molecular complexity index is 701. The van der Waals surface area contributed by atoms with E-state index >= 15 is 0 Å². The molecule has 24 heavy (non-hydrogen) atoms. The fourth-order valence-corrected chi connectivity index (χ4v) is 1.83. The number of hydrogen-bond acceptors (Lipinski definition) is 5. The molecular formula is C18H22N4O2. The molecule has 0 aliphatic carbocycles. The molecule has 6 heteroatoms. The Morgan fingerprint density at radius 2 is 1.50 bits per heavy atom. The normalized spacial score (nSPS) is 11.5. The standard InChI is InChI=1S/C18H22N4O2/c1-18(2,3)24-17(23)20-12-13-4-8-15(9-5-13)21-22-16-10-6-14(19)7-11-16/h4-11H,12,19H2,1-3H3,(H,20,23). The van der Waals surface area contributed by atoms with Crippen molar-refractivity contribution in [3.8, 4) is 0 Å². The zero-order chi connectivity index (χ0) is 17.6. The van der Waals surface area contributed by atoms with Gasteiger partial charge in [0.15, 0.2) is 0 Å². The van der Waals surface area contributed by atoms with Crippen LogP contribution in [0.1, 0.15) is 26.3 Å². The molecule has 126 valence electrons. The van der Waals surface area contributed by atoms with Crippen LogP contribution in [0.3, 0.4) is 0 Å². The summed E-state index contributed by atoms with van der Waals surface area (Å²) in [7, 11) is 0. The zero-order valence-corrected chi connectivity index (χ0v) is 14.1. The first-order valence-corrected chi connectivity index (χ1v) is 7.65. The Morgan fingerprint density at radius 3 is 2.00 bits per heavy atom. The number of rotatable bonds is 4. The monoisotopic (exact) mass is 326 g/mol. The topological polar surface area (TPSA) is 89.1 Å². The van der Waals surface area contributed by atoms with Gasteiger partial charge in [-0.25, -0.2) is 4.79 Å². The van der Waals surface area contributed by atoms with Crippen molar-refractivity contribution in [1.82, 2.24) is 5.32 Å². The number of ether oxygens (including phenoxy) is 1. The van der Waals surface area contributed by atoms with E-state index < -0.39 is 11.7 Å². The Kier molecular flexibility index (Phi) is 5.52. The molecule has 2 aromatic rings. The second kappa shape index (κ2) is 7.59. The first-order valence-electron chi connectivity index (χ1n) is 7.65. The fraction of sp³-hybridized carbons (Fsp3) is 0.278. The van der Waals surface area contributed by atoms with Crippen LogP contribution >= 0.6 is 0 Å². The largest absolute Gasteiger partial charge is 0.444 e. The van der Waals surface area contributed by atoms with Gasteiger partial charge in [0.1, 0.15) is 5.60 Å². The fourth-order valence-electron chi connectivity index (χ4n) is 1.83. The van der Waals surface area contributed by atoms with E-state index in [0.29, 0.717) is 12.2 Å². The summed E-state index contributed by atoms with van der Waals surface area (Å²) in [6.45, 7) is 5.87. The lowest BCUT2D eigenvalue weighted by Crippen LogP contribution is -2.32. The van der Waals surface area contributed by atoms with Crippen molar-refractivity contribution in [1.29, 1.82) is 0 Å². The number of nitrogens with one attached hydrogen (secondary N) is 1. The van der Waals surface area contributed by atoms with Crippen LogP contribution in [0.2, 0.25) is 0 Å². The number of nitrogen functional groups attached to an aromatic ring is 1. The number of hydrogen-bond donors (Lipinski definition) is 2. The van der Waals surface area contributed by atoms with Crippen LogP contribution in [0, 0.1) is 0 Å². The first kappa shape index (κ1) is 17.5. The molecule has 0 fully saturated rings. The summed E-state index contributed by atoms with van der Waals surface area (Å²) in [5, 5.41) is 11.0. The minimum absolute atomic E-state index is 0.393. The highest BCUT2D eigenvalue weighted by Crippen LogP contribution is 2.19. The quantitative estimate of drug-likeness (QED) is 0.630. The lowest BCUT2D eigenvalue weighted by atomic mass is 10.2. The van der Waals surface area contributed by atoms with Gasteiger partial charge in [-0.1, -0.05) is 12.1 Å². The number of carbonyl (C=O) groups excluding carboxylic acids is 1. The Hall–Kier alpha value is -2.89. The predicted molar refractivity (Wildman–Crippen MR) is 94.5 cm³/mol. The molecule has 3 N–H and O–H groups in total. The van der Waals surface area contributed by atoms with Crippen LogP contribution in [0.15, 0.2) is 58.8 Å². The molecule has 0 heterocycles. The second-order valence-electron chi connectivity index (χ2n) is 6.31. The maximum absolute atomic E-state index is 11.6. The lowest BCUT2D eigenvalue weighted by Gasteiger charge is -2.19.